The van der Waals surface area contributed by atoms with E-state index in [4.69, 9.17) is 18.9 Å². The van der Waals surface area contributed by atoms with Crippen LogP contribution in [0.2, 0.25) is 0 Å². The topological polar surface area (TPSA) is 129 Å². The second kappa shape index (κ2) is 11.3. The maximum Gasteiger partial charge on any atom is 0.333 e. The first-order chi connectivity index (χ1) is 25.1. The lowest BCUT2D eigenvalue weighted by Crippen LogP contribution is -2.70. The number of aryl methyl sites for hydroxylation is 1. The number of hydrogen-bond donors (Lipinski definition) is 4. The number of phenolic OH excluding ortho intramolecular Hbond substituents is 1. The molecule has 0 unspecified atom stereocenters. The normalized spacial score (nSPS) is 31.9. The number of aromatic amines is 1. The van der Waals surface area contributed by atoms with Gasteiger partial charge in [-0.1, -0.05) is 24.3 Å². The van der Waals surface area contributed by atoms with E-state index in [2.05, 4.69) is 66.1 Å². The molecule has 0 radical (unpaired) electrons. The number of hydrogen-bond acceptors (Lipinski definition) is 11. The quantitative estimate of drug-likeness (QED) is 0.199. The average Bonchev–Trinajstić information content (AvgIpc) is 3.76. The number of ether oxygens (including phenoxy) is 4. The summed E-state index contributed by atoms with van der Waals surface area (Å²) in [6, 6.07) is 8.92. The molecule has 1 spiro atoms. The summed E-state index contributed by atoms with van der Waals surface area (Å²) in [5.41, 5.74) is 8.71. The largest absolute Gasteiger partial charge is 0.504 e. The van der Waals surface area contributed by atoms with Crippen LogP contribution in [0, 0.1) is 20.8 Å². The number of aromatic hydroxyl groups is 1. The summed E-state index contributed by atoms with van der Waals surface area (Å²) >= 11 is 1.71. The molecule has 0 amide bonds. The summed E-state index contributed by atoms with van der Waals surface area (Å²) in [5.74, 6) is 2.02. The third-order valence-electron chi connectivity index (χ3n) is 13.0. The maximum atomic E-state index is 14.8. The molecule has 11 nitrogen and oxygen atoms in total. The Kier molecular flexibility index (Phi) is 7.09. The fourth-order valence-electron chi connectivity index (χ4n) is 10.7. The molecule has 11 rings (SSSR count). The summed E-state index contributed by atoms with van der Waals surface area (Å²) in [6.07, 6.45) is 0.426. The number of likely N-dealkylation sites (N-methyl/N-ethyl adjacent to an activating group) is 1. The van der Waals surface area contributed by atoms with Gasteiger partial charge in [-0.25, -0.2) is 4.79 Å². The van der Waals surface area contributed by atoms with Crippen LogP contribution in [0.15, 0.2) is 30.3 Å². The monoisotopic (exact) mass is 724 g/mol. The van der Waals surface area contributed by atoms with Crippen molar-refractivity contribution in [1.29, 1.82) is 0 Å². The minimum Gasteiger partial charge on any atom is -0.504 e. The number of carbonyl (C=O) groups is 1. The first kappa shape index (κ1) is 32.7. The number of thioether (sulfide) groups is 1. The predicted octanol–water partition coefficient (Wildman–Crippen LogP) is 4.95. The molecule has 0 saturated carbocycles. The lowest BCUT2D eigenvalue weighted by atomic mass is 9.72. The van der Waals surface area contributed by atoms with E-state index in [0.717, 1.165) is 67.5 Å². The van der Waals surface area contributed by atoms with Crippen molar-refractivity contribution in [3.8, 4) is 23.0 Å². The van der Waals surface area contributed by atoms with Gasteiger partial charge in [0, 0.05) is 45.1 Å². The Bertz CT molecular complexity index is 2200. The van der Waals surface area contributed by atoms with Crippen molar-refractivity contribution in [3.05, 3.63) is 80.5 Å². The van der Waals surface area contributed by atoms with E-state index in [1.54, 1.807) is 18.9 Å². The van der Waals surface area contributed by atoms with E-state index >= 15 is 0 Å². The van der Waals surface area contributed by atoms with Crippen LogP contribution in [0.5, 0.6) is 23.0 Å². The number of fused-ring (bicyclic) bond motifs is 11. The number of rotatable bonds is 1. The van der Waals surface area contributed by atoms with E-state index in [1.165, 1.54) is 0 Å². The Labute approximate surface area is 306 Å². The highest BCUT2D eigenvalue weighted by atomic mass is 32.2. The van der Waals surface area contributed by atoms with Crippen LogP contribution in [0.4, 0.5) is 0 Å². The number of aliphatic hydroxyl groups excluding tert-OH is 1. The number of phenols is 1. The molecule has 2 saturated heterocycles. The van der Waals surface area contributed by atoms with Crippen LogP contribution in [0.3, 0.4) is 0 Å². The number of benzene rings is 3. The number of nitrogens with one attached hydrogen (secondary N) is 2. The minimum atomic E-state index is -1.15. The molecule has 8 atom stereocenters. The highest BCUT2D eigenvalue weighted by molar-refractivity contribution is 7.99. The van der Waals surface area contributed by atoms with Crippen molar-refractivity contribution in [2.75, 3.05) is 33.3 Å². The molecule has 4 N–H and O–H groups in total. The molecule has 4 aromatic rings. The van der Waals surface area contributed by atoms with E-state index in [9.17, 15) is 15.0 Å². The average molecular weight is 725 g/mol. The third-order valence-corrected chi connectivity index (χ3v) is 14.4. The number of esters is 1. The first-order valence-electron chi connectivity index (χ1n) is 18.2. The Balaban J connectivity index is 1.22. The van der Waals surface area contributed by atoms with Gasteiger partial charge in [0.2, 0.25) is 6.79 Å². The van der Waals surface area contributed by atoms with Crippen LogP contribution in [0.1, 0.15) is 74.5 Å². The third kappa shape index (κ3) is 4.10. The van der Waals surface area contributed by atoms with Crippen LogP contribution >= 0.6 is 11.8 Å². The number of H-pyrrole nitrogens is 1. The van der Waals surface area contributed by atoms with Crippen LogP contribution in [-0.2, 0) is 27.9 Å². The van der Waals surface area contributed by atoms with Crippen molar-refractivity contribution in [2.24, 2.45) is 0 Å². The number of para-hydroxylation sites is 1. The minimum absolute atomic E-state index is 0.00165. The SMILES string of the molecule is COc1c(C)cc2c(c1O)[C@H]1[C@@H]3[C@@H]4SC[C@]5(N[C@@H](C)Cc6c5[nH]c5ccccc65)C(=O)OC[C@@H](c5c6c(c(C)c(C)c54)OCO6)N3[C@@H](O)[C@@H](C2)N1C. The van der Waals surface area contributed by atoms with Gasteiger partial charge in [0.05, 0.1) is 30.9 Å². The van der Waals surface area contributed by atoms with Crippen molar-refractivity contribution in [1.82, 2.24) is 20.1 Å². The van der Waals surface area contributed by atoms with Gasteiger partial charge in [0.1, 0.15) is 12.8 Å². The van der Waals surface area contributed by atoms with Gasteiger partial charge >= 0.3 is 5.97 Å². The number of nitrogens with zero attached hydrogens (tertiary/aromatic N) is 2. The van der Waals surface area contributed by atoms with Crippen molar-refractivity contribution < 1.29 is 34.0 Å². The van der Waals surface area contributed by atoms with Gasteiger partial charge in [-0.2, -0.15) is 0 Å². The van der Waals surface area contributed by atoms with Crippen molar-refractivity contribution in [3.63, 3.8) is 0 Å². The summed E-state index contributed by atoms with van der Waals surface area (Å²) < 4.78 is 24.7. The molecule has 3 aromatic carbocycles. The molecular weight excluding hydrogens is 681 g/mol. The molecule has 2 fully saturated rings. The zero-order chi connectivity index (χ0) is 36.0. The number of aromatic nitrogens is 1. The summed E-state index contributed by atoms with van der Waals surface area (Å²) in [7, 11) is 3.65. The van der Waals surface area contributed by atoms with Gasteiger partial charge in [0.15, 0.2) is 28.5 Å². The van der Waals surface area contributed by atoms with E-state index in [-0.39, 0.29) is 54.5 Å². The highest BCUT2D eigenvalue weighted by Crippen LogP contribution is 2.63. The summed E-state index contributed by atoms with van der Waals surface area (Å²) in [6.45, 7) is 8.40. The molecule has 0 aliphatic carbocycles. The second-order valence-electron chi connectivity index (χ2n) is 15.5. The second-order valence-corrected chi connectivity index (χ2v) is 16.7. The Morgan fingerprint density at radius 2 is 1.83 bits per heavy atom. The predicted molar refractivity (Wildman–Crippen MR) is 196 cm³/mol. The molecule has 7 aliphatic heterocycles. The van der Waals surface area contributed by atoms with Gasteiger partial charge in [-0.05, 0) is 87.0 Å². The Morgan fingerprint density at radius 1 is 1.04 bits per heavy atom. The fourth-order valence-corrected chi connectivity index (χ4v) is 12.4. The summed E-state index contributed by atoms with van der Waals surface area (Å²) in [5, 5.41) is 29.2. The molecule has 272 valence electrons. The van der Waals surface area contributed by atoms with Crippen molar-refractivity contribution >= 4 is 28.6 Å². The fraction of sp³-hybridized carbons (Fsp3) is 0.475. The standard InChI is InChI=1S/C40H44N4O7S/c1-17-11-21-13-25-38(46)44-26-14-49-39(47)40(37-23(12-18(2)42-40)22-9-7-8-10-24(22)41-37)15-52-36(27-19(3)20(4)34-35(29(26)27)51-16-50-34)31(44)30(43(25)5)28(21)32(45)33(17)48-6/h7-11,18,25-26,30-31,36,38,41-42,45-46H,12-16H2,1-6H3/t18-,25+,26-,30-,31+,36+,38-,40+/m0/s1. The van der Waals surface area contributed by atoms with Crippen LogP contribution in [-0.4, -0.2) is 88.6 Å². The van der Waals surface area contributed by atoms with Crippen LogP contribution in [0.25, 0.3) is 10.9 Å². The molecule has 8 heterocycles. The number of carbonyl (C=O) groups excluding carboxylic acids is 1. The van der Waals surface area contributed by atoms with Gasteiger partial charge in [-0.3, -0.25) is 15.1 Å². The van der Waals surface area contributed by atoms with E-state index < -0.39 is 17.8 Å². The van der Waals surface area contributed by atoms with Gasteiger partial charge < -0.3 is 34.1 Å². The molecular formula is C40H44N4O7S. The zero-order valence-corrected chi connectivity index (χ0v) is 31.0. The zero-order valence-electron chi connectivity index (χ0n) is 30.2. The molecule has 12 heteroatoms. The molecule has 7 aliphatic rings. The number of piperazine rings is 1. The van der Waals surface area contributed by atoms with E-state index in [1.807, 2.05) is 19.1 Å². The molecule has 52 heavy (non-hydrogen) atoms. The van der Waals surface area contributed by atoms with Gasteiger partial charge in [0.25, 0.3) is 0 Å². The molecule has 4 bridgehead atoms. The maximum absolute atomic E-state index is 14.8. The molecule has 1 aromatic heterocycles. The lowest BCUT2D eigenvalue weighted by Gasteiger charge is -2.62. The lowest BCUT2D eigenvalue weighted by molar-refractivity contribution is -0.186. The first-order valence-corrected chi connectivity index (χ1v) is 19.3. The Morgan fingerprint density at radius 3 is 2.63 bits per heavy atom. The van der Waals surface area contributed by atoms with Crippen LogP contribution < -0.4 is 19.5 Å². The number of methoxy groups -OCH3 is 1. The van der Waals surface area contributed by atoms with Crippen molar-refractivity contribution in [2.45, 2.75) is 87.8 Å². The smallest absolute Gasteiger partial charge is 0.333 e. The summed E-state index contributed by atoms with van der Waals surface area (Å²) in [4.78, 5) is 22.9. The number of aliphatic hydroxyl groups is 1. The van der Waals surface area contributed by atoms with Gasteiger partial charge in [-0.15, -0.1) is 11.8 Å². The highest BCUT2D eigenvalue weighted by Gasteiger charge is 2.61. The van der Waals surface area contributed by atoms with E-state index in [0.29, 0.717) is 29.4 Å². The Hall–Kier alpha value is -3.94.